The molecule has 0 radical (unpaired) electrons. The Morgan fingerprint density at radius 3 is 2.78 bits per heavy atom. The van der Waals surface area contributed by atoms with Gasteiger partial charge in [-0.3, -0.25) is 0 Å². The van der Waals surface area contributed by atoms with Crippen LogP contribution in [0.5, 0.6) is 0 Å². The van der Waals surface area contributed by atoms with E-state index < -0.39 is 6.10 Å². The highest BCUT2D eigenvalue weighted by Crippen LogP contribution is 2.16. The number of hydrogen-bond acceptors (Lipinski definition) is 4. The maximum atomic E-state index is 9.96. The van der Waals surface area contributed by atoms with Gasteiger partial charge in [-0.2, -0.15) is 0 Å². The minimum Gasteiger partial charge on any atom is -0.386 e. The first-order valence-electron chi connectivity index (χ1n) is 6.46. The number of hydrogen-bond donors (Lipinski definition) is 2. The molecule has 3 N–H and O–H groups in total. The van der Waals surface area contributed by atoms with Crippen LogP contribution in [0, 0.1) is 0 Å². The van der Waals surface area contributed by atoms with Crippen LogP contribution in [0.25, 0.3) is 0 Å². The zero-order chi connectivity index (χ0) is 12.8. The van der Waals surface area contributed by atoms with Crippen molar-refractivity contribution in [1.82, 2.24) is 0 Å². The summed E-state index contributed by atoms with van der Waals surface area (Å²) >= 11 is 0. The van der Waals surface area contributed by atoms with E-state index in [-0.39, 0.29) is 6.10 Å². The number of nitrogens with two attached hydrogens (primary N) is 1. The van der Waals surface area contributed by atoms with E-state index in [1.165, 1.54) is 0 Å². The Bertz CT molecular complexity index is 347. The molecule has 2 rings (SSSR count). The van der Waals surface area contributed by atoms with Gasteiger partial charge in [-0.05, 0) is 24.0 Å². The monoisotopic (exact) mass is 251 g/mol. The van der Waals surface area contributed by atoms with Gasteiger partial charge in [0.25, 0.3) is 0 Å². The number of aliphatic hydroxyl groups is 1. The number of aliphatic hydroxyl groups excluding tert-OH is 1. The van der Waals surface area contributed by atoms with Crippen molar-refractivity contribution >= 4 is 0 Å². The van der Waals surface area contributed by atoms with Crippen LogP contribution >= 0.6 is 0 Å². The number of benzene rings is 1. The number of rotatable bonds is 6. The van der Waals surface area contributed by atoms with Crippen LogP contribution in [0.4, 0.5) is 0 Å². The standard InChI is InChI=1S/C14H21NO3/c15-8-11-3-5-12(6-4-11)14(16)10-17-9-13-2-1-7-18-13/h3-6,13-14,16H,1-2,7-10,15H2. The Kier molecular flexibility index (Phi) is 5.13. The molecule has 0 bridgehead atoms. The summed E-state index contributed by atoms with van der Waals surface area (Å²) in [4.78, 5) is 0. The summed E-state index contributed by atoms with van der Waals surface area (Å²) in [5, 5.41) is 9.96. The largest absolute Gasteiger partial charge is 0.386 e. The summed E-state index contributed by atoms with van der Waals surface area (Å²) in [6.07, 6.45) is 1.79. The van der Waals surface area contributed by atoms with Gasteiger partial charge in [-0.25, -0.2) is 0 Å². The maximum absolute atomic E-state index is 9.96. The van der Waals surface area contributed by atoms with Gasteiger partial charge in [0.1, 0.15) is 6.10 Å². The molecule has 2 atom stereocenters. The molecule has 2 unspecified atom stereocenters. The van der Waals surface area contributed by atoms with Crippen molar-refractivity contribution in [3.63, 3.8) is 0 Å². The van der Waals surface area contributed by atoms with Gasteiger partial charge >= 0.3 is 0 Å². The van der Waals surface area contributed by atoms with Crippen molar-refractivity contribution in [1.29, 1.82) is 0 Å². The summed E-state index contributed by atoms with van der Waals surface area (Å²) < 4.78 is 10.9. The third-order valence-corrected chi connectivity index (χ3v) is 3.20. The average molecular weight is 251 g/mol. The van der Waals surface area contributed by atoms with Crippen LogP contribution in [0.15, 0.2) is 24.3 Å². The molecule has 100 valence electrons. The van der Waals surface area contributed by atoms with Crippen LogP contribution in [0.3, 0.4) is 0 Å². The van der Waals surface area contributed by atoms with E-state index in [0.29, 0.717) is 19.8 Å². The lowest BCUT2D eigenvalue weighted by Gasteiger charge is -2.14. The molecule has 0 saturated carbocycles. The molecular weight excluding hydrogens is 230 g/mol. The Morgan fingerprint density at radius 1 is 1.39 bits per heavy atom. The molecule has 1 saturated heterocycles. The van der Waals surface area contributed by atoms with Gasteiger partial charge in [-0.1, -0.05) is 24.3 Å². The second-order valence-electron chi connectivity index (χ2n) is 4.63. The molecule has 0 aromatic heterocycles. The average Bonchev–Trinajstić information content (AvgIpc) is 2.92. The van der Waals surface area contributed by atoms with Crippen molar-refractivity contribution in [2.24, 2.45) is 5.73 Å². The first-order chi connectivity index (χ1) is 8.79. The molecule has 18 heavy (non-hydrogen) atoms. The van der Waals surface area contributed by atoms with Crippen molar-refractivity contribution in [3.8, 4) is 0 Å². The molecule has 1 aromatic rings. The second-order valence-corrected chi connectivity index (χ2v) is 4.63. The lowest BCUT2D eigenvalue weighted by molar-refractivity contribution is -0.0176. The Hall–Kier alpha value is -0.940. The van der Waals surface area contributed by atoms with Gasteiger partial charge < -0.3 is 20.3 Å². The highest BCUT2D eigenvalue weighted by molar-refractivity contribution is 5.23. The molecule has 1 heterocycles. The molecular formula is C14H21NO3. The third kappa shape index (κ3) is 3.78. The zero-order valence-electron chi connectivity index (χ0n) is 10.5. The van der Waals surface area contributed by atoms with Crippen LogP contribution in [-0.2, 0) is 16.0 Å². The molecule has 1 aliphatic heterocycles. The molecule has 4 heteroatoms. The fourth-order valence-corrected chi connectivity index (χ4v) is 2.06. The second kappa shape index (κ2) is 6.85. The van der Waals surface area contributed by atoms with Crippen molar-refractivity contribution in [2.45, 2.75) is 31.6 Å². The van der Waals surface area contributed by atoms with Crippen molar-refractivity contribution in [2.75, 3.05) is 19.8 Å². The van der Waals surface area contributed by atoms with E-state index in [4.69, 9.17) is 15.2 Å². The molecule has 0 aliphatic carbocycles. The van der Waals surface area contributed by atoms with Gasteiger partial charge in [0.15, 0.2) is 0 Å². The summed E-state index contributed by atoms with van der Waals surface area (Å²) in [6, 6.07) is 7.64. The predicted molar refractivity (Wildman–Crippen MR) is 69.1 cm³/mol. The topological polar surface area (TPSA) is 64.7 Å². The van der Waals surface area contributed by atoms with E-state index in [9.17, 15) is 5.11 Å². The maximum Gasteiger partial charge on any atom is 0.102 e. The van der Waals surface area contributed by atoms with E-state index in [0.717, 1.165) is 30.6 Å². The van der Waals surface area contributed by atoms with E-state index in [2.05, 4.69) is 0 Å². The first-order valence-corrected chi connectivity index (χ1v) is 6.46. The quantitative estimate of drug-likeness (QED) is 0.801. The van der Waals surface area contributed by atoms with E-state index in [1.807, 2.05) is 24.3 Å². The van der Waals surface area contributed by atoms with Crippen molar-refractivity contribution < 1.29 is 14.6 Å². The predicted octanol–water partition coefficient (Wildman–Crippen LogP) is 1.37. The van der Waals surface area contributed by atoms with Gasteiger partial charge in [-0.15, -0.1) is 0 Å². The summed E-state index contributed by atoms with van der Waals surface area (Å²) in [7, 11) is 0. The lowest BCUT2D eigenvalue weighted by Crippen LogP contribution is -2.17. The minimum absolute atomic E-state index is 0.205. The highest BCUT2D eigenvalue weighted by Gasteiger charge is 2.16. The highest BCUT2D eigenvalue weighted by atomic mass is 16.5. The first kappa shape index (κ1) is 13.5. The van der Waals surface area contributed by atoms with Crippen LogP contribution < -0.4 is 5.73 Å². The SMILES string of the molecule is NCc1ccc(C(O)COCC2CCCO2)cc1. The van der Waals surface area contributed by atoms with Gasteiger partial charge in [0.05, 0.1) is 19.3 Å². The molecule has 0 amide bonds. The molecule has 1 aliphatic rings. The molecule has 1 aromatic carbocycles. The Balaban J connectivity index is 1.74. The zero-order valence-corrected chi connectivity index (χ0v) is 10.5. The van der Waals surface area contributed by atoms with Gasteiger partial charge in [0, 0.05) is 13.2 Å². The summed E-state index contributed by atoms with van der Waals surface area (Å²) in [5.74, 6) is 0. The summed E-state index contributed by atoms with van der Waals surface area (Å²) in [6.45, 7) is 2.23. The van der Waals surface area contributed by atoms with E-state index in [1.54, 1.807) is 0 Å². The fourth-order valence-electron chi connectivity index (χ4n) is 2.06. The van der Waals surface area contributed by atoms with Crippen molar-refractivity contribution in [3.05, 3.63) is 35.4 Å². The lowest BCUT2D eigenvalue weighted by atomic mass is 10.1. The van der Waals surface area contributed by atoms with Gasteiger partial charge in [0.2, 0.25) is 0 Å². The fraction of sp³-hybridized carbons (Fsp3) is 0.571. The van der Waals surface area contributed by atoms with Crippen LogP contribution in [0.1, 0.15) is 30.1 Å². The Labute approximate surface area is 108 Å². The Morgan fingerprint density at radius 2 is 2.17 bits per heavy atom. The molecule has 1 fully saturated rings. The smallest absolute Gasteiger partial charge is 0.102 e. The number of ether oxygens (including phenoxy) is 2. The van der Waals surface area contributed by atoms with Crippen LogP contribution in [0.2, 0.25) is 0 Å². The van der Waals surface area contributed by atoms with E-state index >= 15 is 0 Å². The summed E-state index contributed by atoms with van der Waals surface area (Å²) in [5.41, 5.74) is 7.45. The third-order valence-electron chi connectivity index (χ3n) is 3.20. The normalized spacial score (nSPS) is 21.1. The molecule has 4 nitrogen and oxygen atoms in total. The minimum atomic E-state index is -0.585. The van der Waals surface area contributed by atoms with Crippen LogP contribution in [-0.4, -0.2) is 31.0 Å². The molecule has 0 spiro atoms.